The molecule has 0 aromatic heterocycles. The van der Waals surface area contributed by atoms with Crippen molar-refractivity contribution in [1.29, 1.82) is 0 Å². The summed E-state index contributed by atoms with van der Waals surface area (Å²) in [7, 11) is 1.24. The number of carboxylic acids is 1. The molecule has 1 amide bonds. The van der Waals surface area contributed by atoms with Gasteiger partial charge in [-0.25, -0.2) is 9.59 Å². The third-order valence-electron chi connectivity index (χ3n) is 1.71. The van der Waals surface area contributed by atoms with Gasteiger partial charge in [-0.05, 0) is 6.42 Å². The molecular formula is C6H9NO4. The number of carbonyl (C=O) groups is 2. The van der Waals surface area contributed by atoms with Crippen LogP contribution in [0.15, 0.2) is 0 Å². The Morgan fingerprint density at radius 3 is 2.55 bits per heavy atom. The van der Waals surface area contributed by atoms with E-state index in [4.69, 9.17) is 5.11 Å². The van der Waals surface area contributed by atoms with Crippen LogP contribution in [0.2, 0.25) is 0 Å². The summed E-state index contributed by atoms with van der Waals surface area (Å²) in [5.41, 5.74) is 0. The van der Waals surface area contributed by atoms with Crippen molar-refractivity contribution in [2.75, 3.05) is 13.7 Å². The van der Waals surface area contributed by atoms with Crippen molar-refractivity contribution in [3.05, 3.63) is 0 Å². The lowest BCUT2D eigenvalue weighted by atomic mass is 10.1. The summed E-state index contributed by atoms with van der Waals surface area (Å²) in [5, 5.41) is 8.50. The van der Waals surface area contributed by atoms with Crippen molar-refractivity contribution in [2.45, 2.75) is 12.5 Å². The van der Waals surface area contributed by atoms with E-state index in [1.165, 1.54) is 12.0 Å². The molecule has 1 atom stereocenters. The summed E-state index contributed by atoms with van der Waals surface area (Å²) in [6, 6.07) is -0.678. The van der Waals surface area contributed by atoms with Crippen molar-refractivity contribution in [1.82, 2.24) is 4.90 Å². The molecule has 11 heavy (non-hydrogen) atoms. The number of aliphatic carboxylic acids is 1. The molecule has 1 heterocycles. The molecule has 1 N–H and O–H groups in total. The lowest BCUT2D eigenvalue weighted by Gasteiger charge is -2.36. The Bertz CT molecular complexity index is 191. The van der Waals surface area contributed by atoms with Gasteiger partial charge in [-0.1, -0.05) is 0 Å². The Balaban J connectivity index is 2.49. The highest BCUT2D eigenvalue weighted by Gasteiger charge is 2.38. The number of nitrogens with zero attached hydrogens (tertiary/aromatic N) is 1. The normalized spacial score (nSPS) is 22.3. The molecule has 62 valence electrons. The third kappa shape index (κ3) is 1.26. The van der Waals surface area contributed by atoms with Crippen LogP contribution >= 0.6 is 0 Å². The molecule has 0 aliphatic carbocycles. The summed E-state index contributed by atoms with van der Waals surface area (Å²) >= 11 is 0. The number of ether oxygens (including phenoxy) is 1. The maximum atomic E-state index is 10.7. The number of hydrogen-bond donors (Lipinski definition) is 1. The fourth-order valence-corrected chi connectivity index (χ4v) is 0.980. The summed E-state index contributed by atoms with van der Waals surface area (Å²) in [4.78, 5) is 22.3. The van der Waals surface area contributed by atoms with E-state index in [0.29, 0.717) is 13.0 Å². The van der Waals surface area contributed by atoms with Crippen LogP contribution in [0.1, 0.15) is 6.42 Å². The van der Waals surface area contributed by atoms with E-state index < -0.39 is 18.1 Å². The second-order valence-electron chi connectivity index (χ2n) is 2.31. The number of carbonyl (C=O) groups excluding carboxylic acids is 1. The number of methoxy groups -OCH3 is 1. The fraction of sp³-hybridized carbons (Fsp3) is 0.667. The van der Waals surface area contributed by atoms with Crippen molar-refractivity contribution in [3.63, 3.8) is 0 Å². The Labute approximate surface area is 63.5 Å². The van der Waals surface area contributed by atoms with E-state index in [1.807, 2.05) is 0 Å². The molecule has 0 aromatic carbocycles. The summed E-state index contributed by atoms with van der Waals surface area (Å²) in [6.07, 6.45) is -0.0478. The summed E-state index contributed by atoms with van der Waals surface area (Å²) in [5.74, 6) is -0.971. The second-order valence-corrected chi connectivity index (χ2v) is 2.31. The van der Waals surface area contributed by atoms with Crippen LogP contribution in [-0.2, 0) is 9.53 Å². The van der Waals surface area contributed by atoms with Gasteiger partial charge < -0.3 is 9.84 Å². The Kier molecular flexibility index (Phi) is 1.98. The quantitative estimate of drug-likeness (QED) is 0.580. The van der Waals surface area contributed by atoms with Crippen molar-refractivity contribution in [3.8, 4) is 0 Å². The van der Waals surface area contributed by atoms with Gasteiger partial charge in [0.2, 0.25) is 0 Å². The number of hydrogen-bond acceptors (Lipinski definition) is 3. The van der Waals surface area contributed by atoms with Gasteiger partial charge in [0.05, 0.1) is 7.11 Å². The third-order valence-corrected chi connectivity index (χ3v) is 1.71. The van der Waals surface area contributed by atoms with Gasteiger partial charge >= 0.3 is 12.1 Å². The Morgan fingerprint density at radius 1 is 1.64 bits per heavy atom. The van der Waals surface area contributed by atoms with E-state index in [-0.39, 0.29) is 0 Å². The first-order valence-corrected chi connectivity index (χ1v) is 3.24. The zero-order valence-corrected chi connectivity index (χ0v) is 6.11. The zero-order valence-electron chi connectivity index (χ0n) is 6.11. The van der Waals surface area contributed by atoms with Crippen molar-refractivity contribution in [2.24, 2.45) is 0 Å². The monoisotopic (exact) mass is 159 g/mol. The molecule has 1 fully saturated rings. The maximum absolute atomic E-state index is 10.7. The van der Waals surface area contributed by atoms with E-state index in [9.17, 15) is 9.59 Å². The van der Waals surface area contributed by atoms with Gasteiger partial charge in [-0.3, -0.25) is 4.90 Å². The second kappa shape index (κ2) is 2.77. The van der Waals surface area contributed by atoms with Crippen LogP contribution in [0.4, 0.5) is 4.79 Å². The molecule has 0 bridgehead atoms. The van der Waals surface area contributed by atoms with E-state index in [1.54, 1.807) is 0 Å². The minimum Gasteiger partial charge on any atom is -0.480 e. The highest BCUT2D eigenvalue weighted by atomic mass is 16.5. The molecule has 0 unspecified atom stereocenters. The van der Waals surface area contributed by atoms with Gasteiger partial charge in [0, 0.05) is 6.54 Å². The van der Waals surface area contributed by atoms with Crippen LogP contribution in [0.3, 0.4) is 0 Å². The van der Waals surface area contributed by atoms with E-state index in [0.717, 1.165) is 0 Å². The van der Waals surface area contributed by atoms with Crippen LogP contribution in [0, 0.1) is 0 Å². The molecule has 0 spiro atoms. The lowest BCUT2D eigenvalue weighted by molar-refractivity contribution is -0.146. The van der Waals surface area contributed by atoms with Gasteiger partial charge in [0.15, 0.2) is 0 Å². The number of rotatable bonds is 1. The van der Waals surface area contributed by atoms with Gasteiger partial charge in [0.25, 0.3) is 0 Å². The highest BCUT2D eigenvalue weighted by molar-refractivity contribution is 5.81. The standard InChI is InChI=1S/C6H9NO4/c1-11-6(10)7-3-2-4(7)5(8)9/h4H,2-3H2,1H3,(H,8,9)/t4-/m0/s1. The molecule has 1 aliphatic rings. The Morgan fingerprint density at radius 2 is 2.27 bits per heavy atom. The first-order valence-electron chi connectivity index (χ1n) is 3.24. The van der Waals surface area contributed by atoms with E-state index >= 15 is 0 Å². The SMILES string of the molecule is COC(=O)N1CC[C@H]1C(=O)O. The average molecular weight is 159 g/mol. The smallest absolute Gasteiger partial charge is 0.410 e. The van der Waals surface area contributed by atoms with Crippen LogP contribution in [0.25, 0.3) is 0 Å². The van der Waals surface area contributed by atoms with Crippen molar-refractivity contribution < 1.29 is 19.4 Å². The lowest BCUT2D eigenvalue weighted by Crippen LogP contribution is -2.55. The molecule has 1 aliphatic heterocycles. The first-order chi connectivity index (χ1) is 5.16. The molecule has 1 rings (SSSR count). The first kappa shape index (κ1) is 7.84. The molecule has 0 saturated carbocycles. The highest BCUT2D eigenvalue weighted by Crippen LogP contribution is 2.17. The van der Waals surface area contributed by atoms with Crippen LogP contribution in [0.5, 0.6) is 0 Å². The van der Waals surface area contributed by atoms with Gasteiger partial charge in [0.1, 0.15) is 6.04 Å². The maximum Gasteiger partial charge on any atom is 0.410 e. The molecule has 5 heteroatoms. The van der Waals surface area contributed by atoms with E-state index in [2.05, 4.69) is 4.74 Å². The molecule has 0 aromatic rings. The predicted molar refractivity (Wildman–Crippen MR) is 35.2 cm³/mol. The predicted octanol–water partition coefficient (Wildman–Crippen LogP) is -0.0883. The average Bonchev–Trinajstić information content (AvgIpc) is 1.83. The topological polar surface area (TPSA) is 66.8 Å². The minimum absolute atomic E-state index is 0.476. The molecule has 0 radical (unpaired) electrons. The largest absolute Gasteiger partial charge is 0.480 e. The zero-order chi connectivity index (χ0) is 8.43. The minimum atomic E-state index is -0.971. The Hall–Kier alpha value is -1.26. The number of likely N-dealkylation sites (tertiary alicyclic amines) is 1. The van der Waals surface area contributed by atoms with Gasteiger partial charge in [-0.15, -0.1) is 0 Å². The summed E-state index contributed by atoms with van der Waals surface area (Å²) < 4.78 is 4.36. The fourth-order valence-electron chi connectivity index (χ4n) is 0.980. The van der Waals surface area contributed by atoms with Crippen molar-refractivity contribution >= 4 is 12.1 Å². The summed E-state index contributed by atoms with van der Waals surface area (Å²) in [6.45, 7) is 0.476. The van der Waals surface area contributed by atoms with Gasteiger partial charge in [-0.2, -0.15) is 0 Å². The molecular weight excluding hydrogens is 150 g/mol. The number of amides is 1. The van der Waals surface area contributed by atoms with Crippen LogP contribution in [-0.4, -0.2) is 41.8 Å². The van der Waals surface area contributed by atoms with Crippen LogP contribution < -0.4 is 0 Å². The molecule has 5 nitrogen and oxygen atoms in total. The molecule has 1 saturated heterocycles. The number of carboxylic acid groups (broad SMARTS) is 1.